The predicted octanol–water partition coefficient (Wildman–Crippen LogP) is 1.91. The van der Waals surface area contributed by atoms with Gasteiger partial charge in [0, 0.05) is 13.0 Å². The molecule has 1 rings (SSSR count). The quantitative estimate of drug-likeness (QED) is 0.675. The van der Waals surface area contributed by atoms with Crippen LogP contribution in [0.2, 0.25) is 0 Å². The number of carbonyl (C=O) groups excluding carboxylic acids is 1. The summed E-state index contributed by atoms with van der Waals surface area (Å²) >= 11 is 0. The lowest BCUT2D eigenvalue weighted by atomic mass is 10.1. The largest absolute Gasteiger partial charge is 0.481 e. The SMILES string of the molecule is C[C@H](NC(=O)NCCCC(=O)O)c1ccccc1. The van der Waals surface area contributed by atoms with Crippen LogP contribution in [-0.2, 0) is 4.79 Å². The Morgan fingerprint density at radius 3 is 2.56 bits per heavy atom. The summed E-state index contributed by atoms with van der Waals surface area (Å²) in [5.41, 5.74) is 1.03. The fraction of sp³-hybridized carbons (Fsp3) is 0.385. The molecule has 1 aromatic rings. The molecule has 0 radical (unpaired) electrons. The smallest absolute Gasteiger partial charge is 0.315 e. The van der Waals surface area contributed by atoms with E-state index in [-0.39, 0.29) is 18.5 Å². The fourth-order valence-corrected chi connectivity index (χ4v) is 1.51. The van der Waals surface area contributed by atoms with Crippen molar-refractivity contribution in [2.45, 2.75) is 25.8 Å². The number of carboxylic acid groups (broad SMARTS) is 1. The van der Waals surface area contributed by atoms with Crippen molar-refractivity contribution in [2.24, 2.45) is 0 Å². The molecule has 2 amide bonds. The van der Waals surface area contributed by atoms with E-state index in [0.717, 1.165) is 5.56 Å². The van der Waals surface area contributed by atoms with Crippen molar-refractivity contribution in [2.75, 3.05) is 6.54 Å². The van der Waals surface area contributed by atoms with Gasteiger partial charge in [-0.3, -0.25) is 4.79 Å². The second-order valence-electron chi connectivity index (χ2n) is 4.03. The van der Waals surface area contributed by atoms with E-state index in [4.69, 9.17) is 5.11 Å². The number of carboxylic acids is 1. The summed E-state index contributed by atoms with van der Waals surface area (Å²) in [6.45, 7) is 2.26. The first-order valence-electron chi connectivity index (χ1n) is 5.90. The van der Waals surface area contributed by atoms with Gasteiger partial charge in [-0.25, -0.2) is 4.79 Å². The Bertz CT molecular complexity index is 392. The van der Waals surface area contributed by atoms with Crippen LogP contribution in [0.1, 0.15) is 31.4 Å². The number of urea groups is 1. The molecule has 0 aliphatic rings. The Balaban J connectivity index is 2.26. The predicted molar refractivity (Wildman–Crippen MR) is 68.3 cm³/mol. The summed E-state index contributed by atoms with van der Waals surface area (Å²) in [4.78, 5) is 21.8. The van der Waals surface area contributed by atoms with Gasteiger partial charge in [0.15, 0.2) is 0 Å². The minimum Gasteiger partial charge on any atom is -0.481 e. The van der Waals surface area contributed by atoms with Gasteiger partial charge in [-0.1, -0.05) is 30.3 Å². The van der Waals surface area contributed by atoms with Gasteiger partial charge in [0.1, 0.15) is 0 Å². The lowest BCUT2D eigenvalue weighted by Crippen LogP contribution is -2.37. The summed E-state index contributed by atoms with van der Waals surface area (Å²) in [6, 6.07) is 9.27. The van der Waals surface area contributed by atoms with E-state index in [1.165, 1.54) is 0 Å². The lowest BCUT2D eigenvalue weighted by Gasteiger charge is -2.14. The molecule has 0 aromatic heterocycles. The van der Waals surface area contributed by atoms with Crippen LogP contribution >= 0.6 is 0 Å². The van der Waals surface area contributed by atoms with Crippen LogP contribution in [0, 0.1) is 0 Å². The van der Waals surface area contributed by atoms with Crippen molar-refractivity contribution >= 4 is 12.0 Å². The van der Waals surface area contributed by atoms with E-state index in [1.807, 2.05) is 37.3 Å². The van der Waals surface area contributed by atoms with Crippen LogP contribution in [0.15, 0.2) is 30.3 Å². The van der Waals surface area contributed by atoms with Gasteiger partial charge in [-0.2, -0.15) is 0 Å². The molecule has 98 valence electrons. The molecule has 1 atom stereocenters. The van der Waals surface area contributed by atoms with Crippen LogP contribution in [0.3, 0.4) is 0 Å². The van der Waals surface area contributed by atoms with Crippen molar-refractivity contribution in [1.29, 1.82) is 0 Å². The van der Waals surface area contributed by atoms with Crippen molar-refractivity contribution in [1.82, 2.24) is 10.6 Å². The molecule has 0 bridgehead atoms. The fourth-order valence-electron chi connectivity index (χ4n) is 1.51. The van der Waals surface area contributed by atoms with Crippen molar-refractivity contribution in [3.8, 4) is 0 Å². The van der Waals surface area contributed by atoms with Gasteiger partial charge in [0.2, 0.25) is 0 Å². The topological polar surface area (TPSA) is 78.4 Å². The third-order valence-corrected chi connectivity index (χ3v) is 2.50. The van der Waals surface area contributed by atoms with E-state index < -0.39 is 5.97 Å². The Kier molecular flexibility index (Phi) is 5.70. The number of rotatable bonds is 6. The number of amides is 2. The highest BCUT2D eigenvalue weighted by Gasteiger charge is 2.08. The number of hydrogen-bond acceptors (Lipinski definition) is 2. The molecule has 1 aromatic carbocycles. The number of aliphatic carboxylic acids is 1. The maximum Gasteiger partial charge on any atom is 0.315 e. The zero-order chi connectivity index (χ0) is 13.4. The Labute approximate surface area is 106 Å². The minimum atomic E-state index is -0.852. The highest BCUT2D eigenvalue weighted by atomic mass is 16.4. The molecule has 0 aliphatic carbocycles. The molecule has 0 unspecified atom stereocenters. The van der Waals surface area contributed by atoms with Gasteiger partial charge in [0.05, 0.1) is 6.04 Å². The molecular weight excluding hydrogens is 232 g/mol. The van der Waals surface area contributed by atoms with E-state index in [0.29, 0.717) is 13.0 Å². The molecule has 0 aliphatic heterocycles. The lowest BCUT2D eigenvalue weighted by molar-refractivity contribution is -0.137. The standard InChI is InChI=1S/C13H18N2O3/c1-10(11-6-3-2-4-7-11)15-13(18)14-9-5-8-12(16)17/h2-4,6-7,10H,5,8-9H2,1H3,(H,16,17)(H2,14,15,18)/t10-/m0/s1. The van der Waals surface area contributed by atoms with Crippen LogP contribution in [0.4, 0.5) is 4.79 Å². The number of benzene rings is 1. The Morgan fingerprint density at radius 2 is 1.94 bits per heavy atom. The van der Waals surface area contributed by atoms with Crippen LogP contribution < -0.4 is 10.6 Å². The summed E-state index contributed by atoms with van der Waals surface area (Å²) in [6.07, 6.45) is 0.497. The molecule has 3 N–H and O–H groups in total. The third kappa shape index (κ3) is 5.34. The van der Waals surface area contributed by atoms with Gasteiger partial charge in [-0.15, -0.1) is 0 Å². The first-order valence-corrected chi connectivity index (χ1v) is 5.90. The number of nitrogens with one attached hydrogen (secondary N) is 2. The monoisotopic (exact) mass is 250 g/mol. The molecule has 0 saturated heterocycles. The van der Waals surface area contributed by atoms with Crippen LogP contribution in [-0.4, -0.2) is 23.7 Å². The molecule has 0 spiro atoms. The molecule has 5 heteroatoms. The molecule has 18 heavy (non-hydrogen) atoms. The zero-order valence-electron chi connectivity index (χ0n) is 10.3. The van der Waals surface area contributed by atoms with E-state index in [1.54, 1.807) is 0 Å². The highest BCUT2D eigenvalue weighted by molar-refractivity contribution is 5.74. The molecular formula is C13H18N2O3. The highest BCUT2D eigenvalue weighted by Crippen LogP contribution is 2.10. The minimum absolute atomic E-state index is 0.0640. The molecule has 5 nitrogen and oxygen atoms in total. The Hall–Kier alpha value is -2.04. The average molecular weight is 250 g/mol. The molecule has 0 fully saturated rings. The van der Waals surface area contributed by atoms with Crippen molar-refractivity contribution in [3.63, 3.8) is 0 Å². The third-order valence-electron chi connectivity index (χ3n) is 2.50. The van der Waals surface area contributed by atoms with Gasteiger partial charge in [0.25, 0.3) is 0 Å². The van der Waals surface area contributed by atoms with E-state index >= 15 is 0 Å². The second-order valence-corrected chi connectivity index (χ2v) is 4.03. The Morgan fingerprint density at radius 1 is 1.28 bits per heavy atom. The average Bonchev–Trinajstić information content (AvgIpc) is 2.35. The van der Waals surface area contributed by atoms with Crippen LogP contribution in [0.25, 0.3) is 0 Å². The summed E-state index contributed by atoms with van der Waals surface area (Å²) in [7, 11) is 0. The first-order chi connectivity index (χ1) is 8.59. The molecule has 0 saturated carbocycles. The summed E-state index contributed by atoms with van der Waals surface area (Å²) in [5, 5.41) is 13.9. The zero-order valence-corrected chi connectivity index (χ0v) is 10.3. The number of hydrogen-bond donors (Lipinski definition) is 3. The van der Waals surface area contributed by atoms with E-state index in [2.05, 4.69) is 10.6 Å². The van der Waals surface area contributed by atoms with E-state index in [9.17, 15) is 9.59 Å². The van der Waals surface area contributed by atoms with Gasteiger partial charge in [-0.05, 0) is 18.9 Å². The van der Waals surface area contributed by atoms with Crippen LogP contribution in [0.5, 0.6) is 0 Å². The first kappa shape index (κ1) is 14.0. The van der Waals surface area contributed by atoms with Gasteiger partial charge < -0.3 is 15.7 Å². The summed E-state index contributed by atoms with van der Waals surface area (Å²) in [5.74, 6) is -0.852. The summed E-state index contributed by atoms with van der Waals surface area (Å²) < 4.78 is 0. The normalized spacial score (nSPS) is 11.6. The van der Waals surface area contributed by atoms with Crippen molar-refractivity contribution in [3.05, 3.63) is 35.9 Å². The molecule has 0 heterocycles. The van der Waals surface area contributed by atoms with Gasteiger partial charge >= 0.3 is 12.0 Å². The maximum absolute atomic E-state index is 11.5. The second kappa shape index (κ2) is 7.32. The van der Waals surface area contributed by atoms with Crippen molar-refractivity contribution < 1.29 is 14.7 Å². The number of carbonyl (C=O) groups is 2. The maximum atomic E-state index is 11.5.